The Bertz CT molecular complexity index is 2410. The number of hydrogen-bond donors (Lipinski definition) is 0. The topological polar surface area (TPSA) is 50.8 Å². The summed E-state index contributed by atoms with van der Waals surface area (Å²) in [5.74, 6) is 2.16. The van der Waals surface area contributed by atoms with Crippen LogP contribution >= 0.6 is 0 Å². The van der Waals surface area contributed by atoms with E-state index < -0.39 is 0 Å². The molecule has 1 aliphatic carbocycles. The maximum atomic E-state index is 6.51. The van der Waals surface area contributed by atoms with Crippen LogP contribution in [0.1, 0.15) is 24.1 Å². The largest absolute Gasteiger partial charge is 0.457 e. The van der Waals surface area contributed by atoms with Crippen molar-refractivity contribution in [3.8, 4) is 17.4 Å². The van der Waals surface area contributed by atoms with Crippen LogP contribution < -0.4 is 14.5 Å². The van der Waals surface area contributed by atoms with Gasteiger partial charge >= 0.3 is 0 Å². The maximum Gasteiger partial charge on any atom is 0.254 e. The van der Waals surface area contributed by atoms with Crippen molar-refractivity contribution in [1.29, 1.82) is 0 Å². The number of benzene rings is 4. The van der Waals surface area contributed by atoms with Gasteiger partial charge in [0.15, 0.2) is 5.65 Å². The minimum atomic E-state index is 0.632. The molecule has 1 aliphatic heterocycles. The van der Waals surface area contributed by atoms with Crippen LogP contribution in [0.2, 0.25) is 0 Å². The zero-order valence-corrected chi connectivity index (χ0v) is 26.0. The van der Waals surface area contributed by atoms with Gasteiger partial charge < -0.3 is 14.5 Å². The number of rotatable bonds is 6. The predicted octanol–water partition coefficient (Wildman–Crippen LogP) is 9.42. The Balaban J connectivity index is 1.00. The summed E-state index contributed by atoms with van der Waals surface area (Å²) in [7, 11) is 0. The molecule has 4 heterocycles. The fourth-order valence-electron chi connectivity index (χ4n) is 6.69. The summed E-state index contributed by atoms with van der Waals surface area (Å²) in [6.07, 6.45) is 13.1. The molecule has 0 unspecified atom stereocenters. The van der Waals surface area contributed by atoms with Gasteiger partial charge in [-0.1, -0.05) is 60.7 Å². The predicted molar refractivity (Wildman–Crippen MR) is 190 cm³/mol. The average molecular weight is 613 g/mol. The van der Waals surface area contributed by atoms with Gasteiger partial charge in [-0.25, -0.2) is 4.52 Å². The van der Waals surface area contributed by atoms with Crippen LogP contribution in [0.15, 0.2) is 140 Å². The van der Waals surface area contributed by atoms with Crippen molar-refractivity contribution in [2.75, 3.05) is 16.5 Å². The molecule has 47 heavy (non-hydrogen) atoms. The molecule has 0 N–H and O–H groups in total. The smallest absolute Gasteiger partial charge is 0.254 e. The quantitative estimate of drug-likeness (QED) is 0.187. The Labute approximate surface area is 272 Å². The normalized spacial score (nSPS) is 14.5. The molecular weight excluding hydrogens is 580 g/mol. The second-order valence-electron chi connectivity index (χ2n) is 12.1. The van der Waals surface area contributed by atoms with Crippen LogP contribution in [0.3, 0.4) is 0 Å². The van der Waals surface area contributed by atoms with Crippen molar-refractivity contribution in [3.05, 3.63) is 151 Å². The van der Waals surface area contributed by atoms with Gasteiger partial charge in [0.2, 0.25) is 0 Å². The van der Waals surface area contributed by atoms with Crippen LogP contribution in [0, 0.1) is 6.92 Å². The van der Waals surface area contributed by atoms with Crippen molar-refractivity contribution in [2.24, 2.45) is 0 Å². The number of fused-ring (bicyclic) bond motifs is 4. The first-order valence-corrected chi connectivity index (χ1v) is 16.0. The Hall–Kier alpha value is -6.08. The molecular formula is C40H32N6O. The van der Waals surface area contributed by atoms with E-state index >= 15 is 0 Å². The molecule has 7 heteroatoms. The third kappa shape index (κ3) is 4.84. The molecule has 0 saturated heterocycles. The van der Waals surface area contributed by atoms with Gasteiger partial charge in [-0.05, 0) is 85.5 Å². The number of aromatic nitrogens is 4. The van der Waals surface area contributed by atoms with E-state index in [0.29, 0.717) is 5.95 Å². The molecule has 0 spiro atoms. The molecule has 0 amide bonds. The number of hydrogen-bond acceptors (Lipinski definition) is 5. The fourth-order valence-corrected chi connectivity index (χ4v) is 6.69. The van der Waals surface area contributed by atoms with Crippen molar-refractivity contribution < 1.29 is 4.74 Å². The lowest BCUT2D eigenvalue weighted by atomic mass is 9.97. The van der Waals surface area contributed by atoms with Gasteiger partial charge in [0.1, 0.15) is 11.5 Å². The minimum Gasteiger partial charge on any atom is -0.457 e. The van der Waals surface area contributed by atoms with Gasteiger partial charge in [0.05, 0.1) is 17.7 Å². The molecule has 0 saturated carbocycles. The Morgan fingerprint density at radius 3 is 2.34 bits per heavy atom. The van der Waals surface area contributed by atoms with Gasteiger partial charge in [0.25, 0.3) is 5.95 Å². The molecule has 2 aliphatic rings. The molecule has 7 aromatic rings. The lowest BCUT2D eigenvalue weighted by molar-refractivity contribution is 0.483. The first-order chi connectivity index (χ1) is 23.2. The number of allylic oxidation sites excluding steroid dienone is 4. The van der Waals surface area contributed by atoms with Crippen molar-refractivity contribution in [1.82, 2.24) is 19.2 Å². The van der Waals surface area contributed by atoms with Gasteiger partial charge in [-0.3, -0.25) is 4.57 Å². The first kappa shape index (κ1) is 27.2. The van der Waals surface area contributed by atoms with E-state index in [1.807, 2.05) is 47.8 Å². The summed E-state index contributed by atoms with van der Waals surface area (Å²) in [5.41, 5.74) is 8.83. The Morgan fingerprint density at radius 2 is 1.49 bits per heavy atom. The molecule has 4 aromatic carbocycles. The van der Waals surface area contributed by atoms with Crippen LogP contribution in [-0.2, 0) is 0 Å². The van der Waals surface area contributed by atoms with E-state index in [0.717, 1.165) is 69.8 Å². The number of aryl methyl sites for hydroxylation is 1. The van der Waals surface area contributed by atoms with Crippen LogP contribution in [0.5, 0.6) is 11.5 Å². The summed E-state index contributed by atoms with van der Waals surface area (Å²) in [6.45, 7) is 2.77. The monoisotopic (exact) mass is 612 g/mol. The lowest BCUT2D eigenvalue weighted by Gasteiger charge is -2.22. The third-order valence-electron chi connectivity index (χ3n) is 9.06. The van der Waals surface area contributed by atoms with E-state index in [1.54, 1.807) is 0 Å². The average Bonchev–Trinajstić information content (AvgIpc) is 3.86. The van der Waals surface area contributed by atoms with Crippen LogP contribution in [-0.4, -0.2) is 25.8 Å². The molecule has 0 atom stereocenters. The number of anilines is 2. The van der Waals surface area contributed by atoms with E-state index in [4.69, 9.17) is 14.8 Å². The number of pyridine rings is 1. The zero-order chi connectivity index (χ0) is 31.3. The van der Waals surface area contributed by atoms with E-state index in [9.17, 15) is 0 Å². The summed E-state index contributed by atoms with van der Waals surface area (Å²) in [5, 5.41) is 7.16. The van der Waals surface area contributed by atoms with Crippen molar-refractivity contribution in [3.63, 3.8) is 0 Å². The summed E-state index contributed by atoms with van der Waals surface area (Å²) < 4.78 is 10.5. The first-order valence-electron chi connectivity index (χ1n) is 16.0. The van der Waals surface area contributed by atoms with Gasteiger partial charge in [-0.15, -0.1) is 5.10 Å². The second-order valence-corrected chi connectivity index (χ2v) is 12.1. The lowest BCUT2D eigenvalue weighted by Crippen LogP contribution is -2.24. The van der Waals surface area contributed by atoms with E-state index in [-0.39, 0.29) is 0 Å². The number of para-hydroxylation sites is 1. The standard InChI is InChI=1S/C40H32N6O/c1-28-10-7-19-39-41-40(42-46(28)39)45-37-18-6-5-17-35(37)36-21-20-34(26-38(36)45)47-33-16-9-15-32(25-33)44-23-22-43(27-44)31-14-8-13-30(24-31)29-11-3-2-4-12-29/h2-3,5-11,13-26H,4,12,27H2,1H3. The summed E-state index contributed by atoms with van der Waals surface area (Å²) in [6, 6.07) is 37.8. The molecule has 0 bridgehead atoms. The Morgan fingerprint density at radius 1 is 0.702 bits per heavy atom. The highest BCUT2D eigenvalue weighted by Gasteiger charge is 2.19. The molecule has 9 rings (SSSR count). The highest BCUT2D eigenvalue weighted by Crippen LogP contribution is 2.36. The molecule has 7 nitrogen and oxygen atoms in total. The molecule has 0 radical (unpaired) electrons. The number of ether oxygens (including phenoxy) is 1. The zero-order valence-electron chi connectivity index (χ0n) is 26.0. The Kier molecular flexibility index (Phi) is 6.42. The molecule has 228 valence electrons. The van der Waals surface area contributed by atoms with E-state index in [1.165, 1.54) is 16.8 Å². The van der Waals surface area contributed by atoms with Crippen LogP contribution in [0.25, 0.3) is 39.0 Å². The van der Waals surface area contributed by atoms with Crippen molar-refractivity contribution >= 4 is 44.4 Å². The number of nitrogens with zero attached hydrogens (tertiary/aromatic N) is 6. The second kappa shape index (κ2) is 11.1. The minimum absolute atomic E-state index is 0.632. The highest BCUT2D eigenvalue weighted by atomic mass is 16.5. The van der Waals surface area contributed by atoms with E-state index in [2.05, 4.69) is 118 Å². The van der Waals surface area contributed by atoms with Gasteiger partial charge in [0, 0.05) is 52.4 Å². The maximum absolute atomic E-state index is 6.51. The summed E-state index contributed by atoms with van der Waals surface area (Å²) in [4.78, 5) is 9.41. The van der Waals surface area contributed by atoms with Gasteiger partial charge in [-0.2, -0.15) is 4.98 Å². The SMILES string of the molecule is Cc1cccc2nc(-n3c4ccccc4c4ccc(Oc5cccc(N6C=CN(c7cccc(C8=CC=CCC8)c7)C6)c5)cc43)nn12. The molecule has 0 fully saturated rings. The van der Waals surface area contributed by atoms with Crippen LogP contribution in [0.4, 0.5) is 11.4 Å². The van der Waals surface area contributed by atoms with Crippen molar-refractivity contribution in [2.45, 2.75) is 19.8 Å². The molecule has 3 aromatic heterocycles. The third-order valence-corrected chi connectivity index (χ3v) is 9.06. The highest BCUT2D eigenvalue weighted by molar-refractivity contribution is 6.09. The fraction of sp³-hybridized carbons (Fsp3) is 0.100. The summed E-state index contributed by atoms with van der Waals surface area (Å²) >= 11 is 0.